The third-order valence-electron chi connectivity index (χ3n) is 6.95. The topological polar surface area (TPSA) is 45.6 Å². The molecule has 3 heterocycles. The standard InChI is InChI=1S/C25H27N3O2/c1-26-18-21(20-9-5-6-10-22(20)26)23(29)27-14-11-25(12-15-27)13-16-28(24(25)30)17-19-7-3-2-4-8-19/h2-10,18H,11-17H2,1H3. The molecule has 1 spiro atoms. The lowest BCUT2D eigenvalue weighted by molar-refractivity contribution is -0.138. The maximum absolute atomic E-state index is 13.2. The van der Waals surface area contributed by atoms with Crippen LogP contribution in [0.5, 0.6) is 0 Å². The van der Waals surface area contributed by atoms with Gasteiger partial charge in [0.2, 0.25) is 5.91 Å². The molecule has 5 rings (SSSR count). The van der Waals surface area contributed by atoms with E-state index in [0.29, 0.717) is 19.6 Å². The van der Waals surface area contributed by atoms with Gasteiger partial charge >= 0.3 is 0 Å². The molecule has 154 valence electrons. The minimum Gasteiger partial charge on any atom is -0.350 e. The third-order valence-corrected chi connectivity index (χ3v) is 6.95. The molecule has 2 aliphatic heterocycles. The van der Waals surface area contributed by atoms with Crippen LogP contribution in [0.1, 0.15) is 35.2 Å². The van der Waals surface area contributed by atoms with E-state index >= 15 is 0 Å². The first-order chi connectivity index (χ1) is 14.6. The number of benzene rings is 2. The molecule has 0 N–H and O–H groups in total. The van der Waals surface area contributed by atoms with Crippen LogP contribution in [0.25, 0.3) is 10.9 Å². The van der Waals surface area contributed by atoms with Gasteiger partial charge in [0.05, 0.1) is 11.0 Å². The summed E-state index contributed by atoms with van der Waals surface area (Å²) in [5, 5.41) is 0.997. The molecule has 2 saturated heterocycles. The van der Waals surface area contributed by atoms with Gasteiger partial charge in [-0.2, -0.15) is 0 Å². The first kappa shape index (κ1) is 18.9. The number of nitrogens with zero attached hydrogens (tertiary/aromatic N) is 3. The molecule has 0 aliphatic carbocycles. The molecule has 0 radical (unpaired) electrons. The van der Waals surface area contributed by atoms with Crippen LogP contribution in [0, 0.1) is 5.41 Å². The number of hydrogen-bond donors (Lipinski definition) is 0. The summed E-state index contributed by atoms with van der Waals surface area (Å²) in [6.07, 6.45) is 4.34. The monoisotopic (exact) mass is 401 g/mol. The molecule has 30 heavy (non-hydrogen) atoms. The molecule has 5 nitrogen and oxygen atoms in total. The molecule has 2 aromatic carbocycles. The van der Waals surface area contributed by atoms with E-state index in [1.165, 1.54) is 5.56 Å². The highest BCUT2D eigenvalue weighted by molar-refractivity contribution is 6.07. The number of carbonyl (C=O) groups is 2. The molecule has 2 amide bonds. The van der Waals surface area contributed by atoms with Crippen molar-refractivity contribution in [1.29, 1.82) is 0 Å². The zero-order valence-corrected chi connectivity index (χ0v) is 17.4. The van der Waals surface area contributed by atoms with Crippen molar-refractivity contribution in [3.8, 4) is 0 Å². The van der Waals surface area contributed by atoms with E-state index in [9.17, 15) is 9.59 Å². The summed E-state index contributed by atoms with van der Waals surface area (Å²) >= 11 is 0. The van der Waals surface area contributed by atoms with Crippen LogP contribution in [-0.2, 0) is 18.4 Å². The van der Waals surface area contributed by atoms with Gasteiger partial charge in [0.25, 0.3) is 5.91 Å². The van der Waals surface area contributed by atoms with E-state index in [1.54, 1.807) is 0 Å². The summed E-state index contributed by atoms with van der Waals surface area (Å²) in [6, 6.07) is 18.2. The Labute approximate surface area is 176 Å². The summed E-state index contributed by atoms with van der Waals surface area (Å²) in [5.41, 5.74) is 2.71. The Kier molecular flexibility index (Phi) is 4.61. The number of rotatable bonds is 3. The van der Waals surface area contributed by atoms with Crippen LogP contribution in [0.4, 0.5) is 0 Å². The Balaban J connectivity index is 1.28. The second-order valence-electron chi connectivity index (χ2n) is 8.71. The van der Waals surface area contributed by atoms with Gasteiger partial charge in [0.1, 0.15) is 0 Å². The van der Waals surface area contributed by atoms with Crippen molar-refractivity contribution >= 4 is 22.7 Å². The summed E-state index contributed by atoms with van der Waals surface area (Å²) in [7, 11) is 1.98. The smallest absolute Gasteiger partial charge is 0.256 e. The Hall–Kier alpha value is -3.08. The molecule has 1 aromatic heterocycles. The van der Waals surface area contributed by atoms with Crippen LogP contribution in [0.2, 0.25) is 0 Å². The fourth-order valence-corrected chi connectivity index (χ4v) is 5.13. The molecule has 0 unspecified atom stereocenters. The fourth-order valence-electron chi connectivity index (χ4n) is 5.13. The first-order valence-electron chi connectivity index (χ1n) is 10.7. The molecule has 5 heteroatoms. The SMILES string of the molecule is Cn1cc(C(=O)N2CCC3(CC2)CCN(Cc2ccccc2)C3=O)c2ccccc21. The fraction of sp³-hybridized carbons (Fsp3) is 0.360. The molecule has 0 saturated carbocycles. The molecule has 2 fully saturated rings. The lowest BCUT2D eigenvalue weighted by Gasteiger charge is -2.38. The number of carbonyl (C=O) groups excluding carboxylic acids is 2. The number of fused-ring (bicyclic) bond motifs is 1. The van der Waals surface area contributed by atoms with E-state index in [2.05, 4.69) is 12.1 Å². The number of amides is 2. The van der Waals surface area contributed by atoms with Gasteiger partial charge < -0.3 is 14.4 Å². The van der Waals surface area contributed by atoms with E-state index in [1.807, 2.05) is 70.1 Å². The number of aryl methyl sites for hydroxylation is 1. The van der Waals surface area contributed by atoms with E-state index in [-0.39, 0.29) is 17.2 Å². The number of piperidine rings is 1. The van der Waals surface area contributed by atoms with Crippen molar-refractivity contribution in [1.82, 2.24) is 14.4 Å². The highest BCUT2D eigenvalue weighted by Crippen LogP contribution is 2.42. The molecular formula is C25H27N3O2. The minimum absolute atomic E-state index is 0.0771. The summed E-state index contributed by atoms with van der Waals surface area (Å²) < 4.78 is 2.01. The molecule has 3 aromatic rings. The third kappa shape index (κ3) is 3.09. The van der Waals surface area contributed by atoms with Gasteiger partial charge in [-0.1, -0.05) is 48.5 Å². The van der Waals surface area contributed by atoms with Gasteiger partial charge in [-0.3, -0.25) is 9.59 Å². The van der Waals surface area contributed by atoms with Crippen LogP contribution < -0.4 is 0 Å². The van der Waals surface area contributed by atoms with Crippen molar-refractivity contribution in [2.75, 3.05) is 19.6 Å². The maximum Gasteiger partial charge on any atom is 0.256 e. The Bertz CT molecular complexity index is 1090. The van der Waals surface area contributed by atoms with Gasteiger partial charge in [-0.15, -0.1) is 0 Å². The largest absolute Gasteiger partial charge is 0.350 e. The lowest BCUT2D eigenvalue weighted by Crippen LogP contribution is -2.46. The van der Waals surface area contributed by atoms with Crippen LogP contribution in [-0.4, -0.2) is 45.8 Å². The van der Waals surface area contributed by atoms with Gasteiger partial charge in [0, 0.05) is 50.3 Å². The minimum atomic E-state index is -0.287. The van der Waals surface area contributed by atoms with Crippen LogP contribution >= 0.6 is 0 Å². The van der Waals surface area contributed by atoms with E-state index in [4.69, 9.17) is 0 Å². The number of likely N-dealkylation sites (tertiary alicyclic amines) is 2. The predicted octanol–water partition coefficient (Wildman–Crippen LogP) is 3.83. The Morgan fingerprint density at radius 1 is 0.933 bits per heavy atom. The normalized spacial score (nSPS) is 18.5. The summed E-state index contributed by atoms with van der Waals surface area (Å²) in [6.45, 7) is 2.78. The van der Waals surface area contributed by atoms with E-state index < -0.39 is 0 Å². The molecule has 0 bridgehead atoms. The Morgan fingerprint density at radius 3 is 2.37 bits per heavy atom. The highest BCUT2D eigenvalue weighted by Gasteiger charge is 2.48. The van der Waals surface area contributed by atoms with Crippen LogP contribution in [0.3, 0.4) is 0 Å². The van der Waals surface area contributed by atoms with E-state index in [0.717, 1.165) is 42.3 Å². The second kappa shape index (κ2) is 7.31. The zero-order chi connectivity index (χ0) is 20.7. The Morgan fingerprint density at radius 2 is 1.60 bits per heavy atom. The molecular weight excluding hydrogens is 374 g/mol. The van der Waals surface area contributed by atoms with Gasteiger partial charge in [0.15, 0.2) is 0 Å². The average molecular weight is 402 g/mol. The first-order valence-corrected chi connectivity index (χ1v) is 10.7. The number of hydrogen-bond acceptors (Lipinski definition) is 2. The summed E-state index contributed by atoms with van der Waals surface area (Å²) in [4.78, 5) is 30.4. The second-order valence-corrected chi connectivity index (χ2v) is 8.71. The van der Waals surface area contributed by atoms with Crippen molar-refractivity contribution in [2.45, 2.75) is 25.8 Å². The lowest BCUT2D eigenvalue weighted by atomic mass is 9.77. The quantitative estimate of drug-likeness (QED) is 0.670. The average Bonchev–Trinajstić information content (AvgIpc) is 3.27. The number of para-hydroxylation sites is 1. The zero-order valence-electron chi connectivity index (χ0n) is 17.4. The molecule has 0 atom stereocenters. The summed E-state index contributed by atoms with van der Waals surface area (Å²) in [5.74, 6) is 0.344. The van der Waals surface area contributed by atoms with Crippen molar-refractivity contribution in [3.63, 3.8) is 0 Å². The maximum atomic E-state index is 13.2. The van der Waals surface area contributed by atoms with Crippen molar-refractivity contribution < 1.29 is 9.59 Å². The highest BCUT2D eigenvalue weighted by atomic mass is 16.2. The van der Waals surface area contributed by atoms with Gasteiger partial charge in [-0.05, 0) is 30.9 Å². The predicted molar refractivity (Wildman–Crippen MR) is 117 cm³/mol. The van der Waals surface area contributed by atoms with Crippen molar-refractivity contribution in [3.05, 3.63) is 71.9 Å². The number of aromatic nitrogens is 1. The molecule has 2 aliphatic rings. The van der Waals surface area contributed by atoms with Gasteiger partial charge in [-0.25, -0.2) is 0 Å². The van der Waals surface area contributed by atoms with Crippen molar-refractivity contribution in [2.24, 2.45) is 12.5 Å². The van der Waals surface area contributed by atoms with Crippen LogP contribution in [0.15, 0.2) is 60.8 Å².